The van der Waals surface area contributed by atoms with E-state index < -0.39 is 34.4 Å². The molecule has 2 aromatic heterocycles. The van der Waals surface area contributed by atoms with Gasteiger partial charge >= 0.3 is 6.18 Å². The Morgan fingerprint density at radius 2 is 1.82 bits per heavy atom. The van der Waals surface area contributed by atoms with Gasteiger partial charge in [0.2, 0.25) is 15.8 Å². The van der Waals surface area contributed by atoms with Crippen LogP contribution in [-0.2, 0) is 33.9 Å². The summed E-state index contributed by atoms with van der Waals surface area (Å²) in [6, 6.07) is 7.89. The van der Waals surface area contributed by atoms with Crippen LogP contribution < -0.4 is 10.6 Å². The molecule has 16 heteroatoms. The number of ether oxygens (including phenoxy) is 1. The number of hydrogen-bond donors (Lipinski definition) is 3. The second kappa shape index (κ2) is 13.0. The lowest BCUT2D eigenvalue weighted by molar-refractivity contribution is -0.144. The van der Waals surface area contributed by atoms with Gasteiger partial charge in [0, 0.05) is 51.9 Å². The van der Waals surface area contributed by atoms with Crippen LogP contribution in [0.1, 0.15) is 55.3 Å². The van der Waals surface area contributed by atoms with Crippen LogP contribution in [0.5, 0.6) is 0 Å². The number of aromatic nitrogens is 4. The number of hydrogen-bond acceptors (Lipinski definition) is 10. The van der Waals surface area contributed by atoms with E-state index in [1.165, 1.54) is 15.4 Å². The number of rotatable bonds is 9. The molecule has 246 valence electrons. The van der Waals surface area contributed by atoms with Gasteiger partial charge in [-0.15, -0.1) is 5.10 Å². The topological polar surface area (TPSA) is 138 Å². The molecule has 5 heterocycles. The number of fused-ring (bicyclic) bond motifs is 2. The summed E-state index contributed by atoms with van der Waals surface area (Å²) in [4.78, 5) is 9.99. The third-order valence-corrected chi connectivity index (χ3v) is 9.98. The van der Waals surface area contributed by atoms with Crippen LogP contribution in [0.25, 0.3) is 11.0 Å². The largest absolute Gasteiger partial charge is 0.451 e. The highest BCUT2D eigenvalue weighted by molar-refractivity contribution is 7.88. The van der Waals surface area contributed by atoms with Crippen LogP contribution in [-0.4, -0.2) is 100 Å². The summed E-state index contributed by atoms with van der Waals surface area (Å²) < 4.78 is 75.1. The fourth-order valence-electron chi connectivity index (χ4n) is 6.33. The molecular weight excluding hydrogens is 613 g/mol. The number of benzene rings is 1. The van der Waals surface area contributed by atoms with Gasteiger partial charge in [0.1, 0.15) is 11.0 Å². The van der Waals surface area contributed by atoms with Crippen LogP contribution in [0.15, 0.2) is 24.3 Å². The fourth-order valence-corrected chi connectivity index (χ4v) is 7.20. The Hall–Kier alpha value is -3.05. The quantitative estimate of drug-likeness (QED) is 0.316. The number of piperidine rings is 1. The molecule has 0 amide bonds. The Bertz CT molecular complexity index is 1600. The minimum Gasteiger partial charge on any atom is -0.390 e. The van der Waals surface area contributed by atoms with Crippen LogP contribution in [0, 0.1) is 0 Å². The summed E-state index contributed by atoms with van der Waals surface area (Å²) in [7, 11) is -3.37. The molecule has 2 saturated heterocycles. The van der Waals surface area contributed by atoms with E-state index in [-0.39, 0.29) is 48.3 Å². The molecule has 1 aromatic carbocycles. The zero-order valence-electron chi connectivity index (χ0n) is 25.1. The molecule has 2 atom stereocenters. The summed E-state index contributed by atoms with van der Waals surface area (Å²) in [5.74, 6) is -1.25. The first kappa shape index (κ1) is 31.9. The van der Waals surface area contributed by atoms with E-state index >= 15 is 0 Å². The van der Waals surface area contributed by atoms with Crippen LogP contribution in [0.2, 0.25) is 0 Å². The maximum absolute atomic E-state index is 14.1. The van der Waals surface area contributed by atoms with Crippen molar-refractivity contribution >= 4 is 32.7 Å². The Kier molecular flexibility index (Phi) is 9.21. The van der Waals surface area contributed by atoms with Crippen molar-refractivity contribution < 1.29 is 31.4 Å². The van der Waals surface area contributed by atoms with Gasteiger partial charge in [-0.2, -0.15) is 13.2 Å². The van der Waals surface area contributed by atoms with Crippen molar-refractivity contribution in [2.45, 2.75) is 69.6 Å². The molecule has 0 bridgehead atoms. The lowest BCUT2D eigenvalue weighted by Gasteiger charge is -2.31. The van der Waals surface area contributed by atoms with Gasteiger partial charge in [-0.1, -0.05) is 24.3 Å². The monoisotopic (exact) mass is 652 g/mol. The molecule has 0 spiro atoms. The van der Waals surface area contributed by atoms with E-state index in [1.807, 2.05) is 12.1 Å². The van der Waals surface area contributed by atoms with E-state index in [1.54, 1.807) is 4.68 Å². The van der Waals surface area contributed by atoms with Gasteiger partial charge in [-0.25, -0.2) is 27.4 Å². The van der Waals surface area contributed by atoms with E-state index in [9.17, 15) is 26.7 Å². The summed E-state index contributed by atoms with van der Waals surface area (Å²) in [5, 5.41) is 21.8. The van der Waals surface area contributed by atoms with Crippen molar-refractivity contribution in [3.05, 3.63) is 41.2 Å². The van der Waals surface area contributed by atoms with Crippen LogP contribution in [0.4, 0.5) is 24.8 Å². The van der Waals surface area contributed by atoms with Gasteiger partial charge in [-0.3, -0.25) is 4.90 Å². The van der Waals surface area contributed by atoms with Gasteiger partial charge in [0.15, 0.2) is 17.9 Å². The average Bonchev–Trinajstić information content (AvgIpc) is 3.39. The van der Waals surface area contributed by atoms with E-state index in [4.69, 9.17) is 4.74 Å². The molecule has 45 heavy (non-hydrogen) atoms. The number of nitrogens with one attached hydrogen (secondary N) is 2. The molecule has 6 rings (SSSR count). The van der Waals surface area contributed by atoms with Crippen LogP contribution >= 0.6 is 0 Å². The molecular formula is C29H39F3N8O4S. The minimum absolute atomic E-state index is 0.0262. The first-order valence-corrected chi connectivity index (χ1v) is 17.2. The Morgan fingerprint density at radius 3 is 2.51 bits per heavy atom. The Balaban J connectivity index is 1.27. The van der Waals surface area contributed by atoms with Crippen molar-refractivity contribution in [3.8, 4) is 0 Å². The highest BCUT2D eigenvalue weighted by Gasteiger charge is 2.38. The van der Waals surface area contributed by atoms with Crippen LogP contribution in [0.3, 0.4) is 0 Å². The molecule has 0 aliphatic carbocycles. The molecule has 0 radical (unpaired) electrons. The van der Waals surface area contributed by atoms with E-state index in [0.29, 0.717) is 39.0 Å². The van der Waals surface area contributed by atoms with Gasteiger partial charge in [0.25, 0.3) is 0 Å². The zero-order chi connectivity index (χ0) is 31.8. The number of nitrogens with zero attached hydrogens (tertiary/aromatic N) is 6. The number of β-amino-alcohol motifs (C(OH)–C–C–N with tert-alkyl or cyclic N) is 1. The SMILES string of the molecule is CS(=O)(=O)N1CCC(Nc2nc(C(F)(F)F)nc3c(NCC(O)CN4CCc5ccccc5C4)nn(C4CCCCO4)c23)CC1. The van der Waals surface area contributed by atoms with E-state index in [0.717, 1.165) is 32.1 Å². The third-order valence-electron chi connectivity index (χ3n) is 8.67. The number of aliphatic hydroxyl groups is 1. The lowest BCUT2D eigenvalue weighted by Crippen LogP contribution is -2.42. The summed E-state index contributed by atoms with van der Waals surface area (Å²) in [6.07, 6.45) is -1.01. The fraction of sp³-hybridized carbons (Fsp3) is 0.621. The van der Waals surface area contributed by atoms with E-state index in [2.05, 4.69) is 42.7 Å². The van der Waals surface area contributed by atoms with Crippen molar-refractivity contribution in [2.75, 3.05) is 56.2 Å². The second-order valence-corrected chi connectivity index (χ2v) is 14.1. The third kappa shape index (κ3) is 7.35. The maximum atomic E-state index is 14.1. The normalized spacial score (nSPS) is 21.5. The number of sulfonamides is 1. The molecule has 3 aromatic rings. The highest BCUT2D eigenvalue weighted by Crippen LogP contribution is 2.37. The van der Waals surface area contributed by atoms with Crippen molar-refractivity contribution in [2.24, 2.45) is 0 Å². The van der Waals surface area contributed by atoms with Gasteiger partial charge in [-0.05, 0) is 49.7 Å². The number of halogens is 3. The summed E-state index contributed by atoms with van der Waals surface area (Å²) in [5.41, 5.74) is 2.76. The van der Waals surface area contributed by atoms with Crippen molar-refractivity contribution in [1.82, 2.24) is 29.0 Å². The summed E-state index contributed by atoms with van der Waals surface area (Å²) >= 11 is 0. The minimum atomic E-state index is -4.82. The maximum Gasteiger partial charge on any atom is 0.451 e. The zero-order valence-corrected chi connectivity index (χ0v) is 25.9. The number of aliphatic hydroxyl groups excluding tert-OH is 1. The Morgan fingerprint density at radius 1 is 1.07 bits per heavy atom. The van der Waals surface area contributed by atoms with Crippen molar-refractivity contribution in [1.29, 1.82) is 0 Å². The van der Waals surface area contributed by atoms with Gasteiger partial charge < -0.3 is 20.5 Å². The highest BCUT2D eigenvalue weighted by atomic mass is 32.2. The second-order valence-electron chi connectivity index (χ2n) is 12.1. The summed E-state index contributed by atoms with van der Waals surface area (Å²) in [6.45, 7) is 2.92. The molecule has 3 aliphatic rings. The molecule has 0 saturated carbocycles. The standard InChI is InChI=1S/C29H39F3N8O4S/c1-45(42,43)39-13-10-21(11-14-39)34-27-25-24(35-28(36-27)29(30,31)32)26(37-40(25)23-8-4-5-15-44-23)33-16-22(41)18-38-12-9-19-6-2-3-7-20(19)17-38/h2-3,6-7,21-23,41H,4-5,8-18H2,1H3,(H,33,37)(H,34,35,36). The Labute approximate surface area is 260 Å². The van der Waals surface area contributed by atoms with Crippen molar-refractivity contribution in [3.63, 3.8) is 0 Å². The molecule has 2 fully saturated rings. The molecule has 2 unspecified atom stereocenters. The average molecular weight is 653 g/mol. The predicted molar refractivity (Wildman–Crippen MR) is 162 cm³/mol. The predicted octanol–water partition coefficient (Wildman–Crippen LogP) is 3.21. The molecule has 3 aliphatic heterocycles. The first-order valence-electron chi connectivity index (χ1n) is 15.4. The number of anilines is 2. The lowest BCUT2D eigenvalue weighted by atomic mass is 10.00. The molecule has 12 nitrogen and oxygen atoms in total. The first-order chi connectivity index (χ1) is 21.5. The molecule has 3 N–H and O–H groups in total. The number of alkyl halides is 3. The smallest absolute Gasteiger partial charge is 0.390 e. The van der Waals surface area contributed by atoms with Gasteiger partial charge in [0.05, 0.1) is 12.4 Å².